The fourth-order valence-electron chi connectivity index (χ4n) is 1.26. The average Bonchev–Trinajstić information content (AvgIpc) is 2.34. The average molecular weight is 354 g/mol. The number of alkyl halides is 5. The van der Waals surface area contributed by atoms with Crippen LogP contribution in [-0.4, -0.2) is 32.6 Å². The third-order valence-electron chi connectivity index (χ3n) is 2.33. The van der Waals surface area contributed by atoms with Crippen molar-refractivity contribution in [3.63, 3.8) is 0 Å². The van der Waals surface area contributed by atoms with E-state index in [-0.39, 0.29) is 6.07 Å². The van der Waals surface area contributed by atoms with Gasteiger partial charge in [0.2, 0.25) is 10.0 Å². The molecule has 0 aromatic heterocycles. The highest BCUT2D eigenvalue weighted by molar-refractivity contribution is 7.89. The molecule has 120 valence electrons. The Balaban J connectivity index is 3.05. The minimum Gasteiger partial charge on any atom is -0.386 e. The minimum atomic E-state index is -4.87. The van der Waals surface area contributed by atoms with Gasteiger partial charge in [0.05, 0.1) is 15.5 Å². The van der Waals surface area contributed by atoms with Crippen LogP contribution >= 0.6 is 11.6 Å². The molecule has 0 aliphatic carbocycles. The maximum absolute atomic E-state index is 12.6. The number of benzene rings is 1. The molecule has 2 N–H and O–H groups in total. The Kier molecular flexibility index (Phi) is 5.53. The van der Waals surface area contributed by atoms with Crippen LogP contribution in [0.15, 0.2) is 23.1 Å². The van der Waals surface area contributed by atoms with E-state index < -0.39 is 50.8 Å². The molecular weight excluding hydrogens is 345 g/mol. The van der Waals surface area contributed by atoms with Gasteiger partial charge in [0.15, 0.2) is 0 Å². The van der Waals surface area contributed by atoms with Crippen LogP contribution in [0.5, 0.6) is 0 Å². The van der Waals surface area contributed by atoms with Crippen molar-refractivity contribution in [2.24, 2.45) is 0 Å². The lowest BCUT2D eigenvalue weighted by Crippen LogP contribution is -2.35. The maximum Gasteiger partial charge on any atom is 0.417 e. The second-order valence-electron chi connectivity index (χ2n) is 3.89. The Labute approximate surface area is 121 Å². The summed E-state index contributed by atoms with van der Waals surface area (Å²) in [5, 5.41) is 8.09. The molecule has 1 aromatic rings. The molecule has 0 saturated carbocycles. The predicted molar refractivity (Wildman–Crippen MR) is 63.7 cm³/mol. The summed E-state index contributed by atoms with van der Waals surface area (Å²) in [5.41, 5.74) is -1.37. The van der Waals surface area contributed by atoms with Crippen molar-refractivity contribution in [3.8, 4) is 0 Å². The predicted octanol–water partition coefficient (Wildman–Crippen LogP) is 2.26. The van der Waals surface area contributed by atoms with Gasteiger partial charge >= 0.3 is 6.18 Å². The number of hydrogen-bond donors (Lipinski definition) is 2. The summed E-state index contributed by atoms with van der Waals surface area (Å²) in [4.78, 5) is -0.805. The number of aliphatic hydroxyl groups excluding tert-OH is 1. The number of rotatable bonds is 5. The maximum atomic E-state index is 12.6. The summed E-state index contributed by atoms with van der Waals surface area (Å²) in [6.07, 6.45) is -10.3. The van der Waals surface area contributed by atoms with E-state index in [9.17, 15) is 30.4 Å². The first-order chi connectivity index (χ1) is 9.45. The van der Waals surface area contributed by atoms with Crippen LogP contribution in [0.1, 0.15) is 5.56 Å². The third-order valence-corrected chi connectivity index (χ3v) is 4.08. The fraction of sp³-hybridized carbons (Fsp3) is 0.400. The third kappa shape index (κ3) is 4.77. The van der Waals surface area contributed by atoms with Gasteiger partial charge in [-0.2, -0.15) is 13.2 Å². The zero-order valence-electron chi connectivity index (χ0n) is 10.0. The monoisotopic (exact) mass is 353 g/mol. The summed E-state index contributed by atoms with van der Waals surface area (Å²) in [6.45, 7) is -1.04. The number of sulfonamides is 1. The zero-order valence-corrected chi connectivity index (χ0v) is 11.6. The summed E-state index contributed by atoms with van der Waals surface area (Å²) >= 11 is 5.33. The Morgan fingerprint density at radius 3 is 2.33 bits per heavy atom. The van der Waals surface area contributed by atoms with E-state index >= 15 is 0 Å². The fourth-order valence-corrected chi connectivity index (χ4v) is 2.56. The van der Waals surface area contributed by atoms with Crippen molar-refractivity contribution in [2.45, 2.75) is 23.6 Å². The second-order valence-corrected chi connectivity index (χ2v) is 6.07. The summed E-state index contributed by atoms with van der Waals surface area (Å²) < 4.78 is 86.8. The first-order valence-electron chi connectivity index (χ1n) is 5.28. The van der Waals surface area contributed by atoms with Crippen LogP contribution in [0, 0.1) is 0 Å². The molecule has 0 radical (unpaired) electrons. The van der Waals surface area contributed by atoms with E-state index in [1.165, 1.54) is 0 Å². The largest absolute Gasteiger partial charge is 0.417 e. The van der Waals surface area contributed by atoms with Crippen LogP contribution in [0.4, 0.5) is 22.0 Å². The van der Waals surface area contributed by atoms with Crippen molar-refractivity contribution < 1.29 is 35.5 Å². The molecule has 0 amide bonds. The lowest BCUT2D eigenvalue weighted by atomic mass is 10.2. The molecule has 1 unspecified atom stereocenters. The number of nitrogens with one attached hydrogen (secondary N) is 1. The molecule has 0 heterocycles. The van der Waals surface area contributed by atoms with Crippen molar-refractivity contribution in [1.29, 1.82) is 0 Å². The smallest absolute Gasteiger partial charge is 0.386 e. The highest BCUT2D eigenvalue weighted by atomic mass is 35.5. The first kappa shape index (κ1) is 18.1. The highest BCUT2D eigenvalue weighted by Crippen LogP contribution is 2.35. The molecule has 4 nitrogen and oxygen atoms in total. The Morgan fingerprint density at radius 2 is 1.86 bits per heavy atom. The van der Waals surface area contributed by atoms with Crippen molar-refractivity contribution in [1.82, 2.24) is 4.72 Å². The molecule has 0 aliphatic rings. The van der Waals surface area contributed by atoms with Gasteiger partial charge < -0.3 is 5.11 Å². The van der Waals surface area contributed by atoms with Gasteiger partial charge in [-0.1, -0.05) is 11.6 Å². The van der Waals surface area contributed by atoms with Crippen LogP contribution in [0.3, 0.4) is 0 Å². The molecule has 0 saturated heterocycles. The lowest BCUT2D eigenvalue weighted by Gasteiger charge is -2.13. The molecule has 21 heavy (non-hydrogen) atoms. The topological polar surface area (TPSA) is 66.4 Å². The van der Waals surface area contributed by atoms with Gasteiger partial charge in [-0.05, 0) is 18.2 Å². The SMILES string of the molecule is O=S(=O)(NCC(O)C(F)F)c1ccc(Cl)c(C(F)(F)F)c1. The van der Waals surface area contributed by atoms with Crippen LogP contribution in [0.25, 0.3) is 0 Å². The van der Waals surface area contributed by atoms with E-state index in [1.54, 1.807) is 4.72 Å². The van der Waals surface area contributed by atoms with Crippen LogP contribution < -0.4 is 4.72 Å². The minimum absolute atomic E-state index is 0.277. The molecule has 0 aliphatic heterocycles. The van der Waals surface area contributed by atoms with Crippen LogP contribution in [0.2, 0.25) is 5.02 Å². The van der Waals surface area contributed by atoms with Gasteiger partial charge in [-0.3, -0.25) is 0 Å². The number of aliphatic hydroxyl groups is 1. The number of halogens is 6. The first-order valence-corrected chi connectivity index (χ1v) is 7.14. The molecule has 1 aromatic carbocycles. The highest BCUT2D eigenvalue weighted by Gasteiger charge is 2.34. The van der Waals surface area contributed by atoms with E-state index in [1.807, 2.05) is 0 Å². The molecular formula is C10H9ClF5NO3S. The van der Waals surface area contributed by atoms with E-state index in [2.05, 4.69) is 0 Å². The Morgan fingerprint density at radius 1 is 1.29 bits per heavy atom. The van der Waals surface area contributed by atoms with E-state index in [4.69, 9.17) is 16.7 Å². The van der Waals surface area contributed by atoms with Crippen LogP contribution in [-0.2, 0) is 16.2 Å². The summed E-state index contributed by atoms with van der Waals surface area (Å²) in [7, 11) is -4.49. The second kappa shape index (κ2) is 6.42. The Bertz CT molecular complexity index is 605. The van der Waals surface area contributed by atoms with Crippen molar-refractivity contribution in [2.75, 3.05) is 6.54 Å². The Hall–Kier alpha value is -0.970. The lowest BCUT2D eigenvalue weighted by molar-refractivity contribution is -0.137. The zero-order chi connectivity index (χ0) is 16.4. The van der Waals surface area contributed by atoms with Gasteiger partial charge in [0.25, 0.3) is 6.43 Å². The molecule has 0 fully saturated rings. The quantitative estimate of drug-likeness (QED) is 0.798. The normalized spacial score (nSPS) is 14.5. The molecule has 0 spiro atoms. The van der Waals surface area contributed by atoms with Crippen molar-refractivity contribution in [3.05, 3.63) is 28.8 Å². The van der Waals surface area contributed by atoms with Gasteiger partial charge in [0.1, 0.15) is 6.10 Å². The van der Waals surface area contributed by atoms with E-state index in [0.717, 1.165) is 12.1 Å². The van der Waals surface area contributed by atoms with Gasteiger partial charge in [-0.25, -0.2) is 21.9 Å². The summed E-state index contributed by atoms with van der Waals surface area (Å²) in [6, 6.07) is 1.79. The molecule has 1 atom stereocenters. The van der Waals surface area contributed by atoms with E-state index in [0.29, 0.717) is 0 Å². The molecule has 11 heteroatoms. The standard InChI is InChI=1S/C10H9ClF5NO3S/c11-7-2-1-5(3-6(7)10(14,15)16)21(19,20)17-4-8(18)9(12)13/h1-3,8-9,17-18H,4H2. The van der Waals surface area contributed by atoms with Crippen molar-refractivity contribution >= 4 is 21.6 Å². The molecule has 0 bridgehead atoms. The van der Waals surface area contributed by atoms with Gasteiger partial charge in [0, 0.05) is 6.54 Å². The summed E-state index contributed by atoms with van der Waals surface area (Å²) in [5.74, 6) is 0. The molecule has 1 rings (SSSR count). The van der Waals surface area contributed by atoms with Gasteiger partial charge in [-0.15, -0.1) is 0 Å². The number of hydrogen-bond acceptors (Lipinski definition) is 3.